The first-order chi connectivity index (χ1) is 8.81. The number of carbonyl (C=O) groups excluding carboxylic acids is 1. The molecule has 2 aliphatic rings. The number of nitrogens with one attached hydrogen (secondary N) is 1. The lowest BCUT2D eigenvalue weighted by Crippen LogP contribution is -2.43. The molecule has 18 heavy (non-hydrogen) atoms. The molecule has 2 heterocycles. The Hall–Kier alpha value is -0.610. The minimum atomic E-state index is 0.119. The lowest BCUT2D eigenvalue weighted by molar-refractivity contribution is -0.136. The summed E-state index contributed by atoms with van der Waals surface area (Å²) in [5, 5.41) is 3.43. The van der Waals surface area contributed by atoms with Gasteiger partial charge in [0.1, 0.15) is 0 Å². The Balaban J connectivity index is 1.87. The van der Waals surface area contributed by atoms with Crippen molar-refractivity contribution in [2.24, 2.45) is 11.8 Å². The number of hydrogen-bond acceptors (Lipinski definition) is 3. The zero-order valence-electron chi connectivity index (χ0n) is 11.5. The molecule has 0 aromatic carbocycles. The van der Waals surface area contributed by atoms with E-state index in [4.69, 9.17) is 4.74 Å². The van der Waals surface area contributed by atoms with Gasteiger partial charge in [0.2, 0.25) is 5.91 Å². The van der Waals surface area contributed by atoms with Crippen molar-refractivity contribution in [1.82, 2.24) is 10.2 Å². The van der Waals surface area contributed by atoms with Crippen molar-refractivity contribution in [1.29, 1.82) is 0 Å². The smallest absolute Gasteiger partial charge is 0.228 e. The van der Waals surface area contributed by atoms with Crippen LogP contribution in [-0.4, -0.2) is 50.2 Å². The largest absolute Gasteiger partial charge is 0.381 e. The molecule has 104 valence electrons. The molecule has 2 atom stereocenters. The fraction of sp³-hybridized carbons (Fsp3) is 0.929. The van der Waals surface area contributed by atoms with Crippen LogP contribution in [0.4, 0.5) is 0 Å². The van der Waals surface area contributed by atoms with Crippen molar-refractivity contribution in [3.05, 3.63) is 0 Å². The van der Waals surface area contributed by atoms with Crippen molar-refractivity contribution < 1.29 is 9.53 Å². The summed E-state index contributed by atoms with van der Waals surface area (Å²) in [6.07, 6.45) is 4.44. The minimum absolute atomic E-state index is 0.119. The summed E-state index contributed by atoms with van der Waals surface area (Å²) in [6.45, 7) is 7.54. The number of rotatable bonds is 5. The van der Waals surface area contributed by atoms with Crippen LogP contribution in [0.25, 0.3) is 0 Å². The van der Waals surface area contributed by atoms with Gasteiger partial charge in [0, 0.05) is 19.7 Å². The van der Waals surface area contributed by atoms with Gasteiger partial charge in [0.15, 0.2) is 0 Å². The zero-order valence-corrected chi connectivity index (χ0v) is 11.5. The average molecular weight is 254 g/mol. The van der Waals surface area contributed by atoms with Crippen LogP contribution in [0.1, 0.15) is 32.6 Å². The highest BCUT2D eigenvalue weighted by Crippen LogP contribution is 2.18. The zero-order chi connectivity index (χ0) is 12.8. The van der Waals surface area contributed by atoms with Crippen LogP contribution in [0.15, 0.2) is 0 Å². The first-order valence-corrected chi connectivity index (χ1v) is 7.38. The summed E-state index contributed by atoms with van der Waals surface area (Å²) < 4.78 is 5.34. The third-order valence-corrected chi connectivity index (χ3v) is 3.96. The van der Waals surface area contributed by atoms with E-state index in [1.165, 1.54) is 12.8 Å². The van der Waals surface area contributed by atoms with E-state index in [-0.39, 0.29) is 5.92 Å². The van der Waals surface area contributed by atoms with Crippen LogP contribution in [-0.2, 0) is 9.53 Å². The fourth-order valence-corrected chi connectivity index (χ4v) is 2.94. The number of hydrogen-bond donors (Lipinski definition) is 1. The summed E-state index contributed by atoms with van der Waals surface area (Å²) in [4.78, 5) is 14.5. The normalized spacial score (nSPS) is 28.3. The van der Waals surface area contributed by atoms with E-state index in [0.29, 0.717) is 18.4 Å². The van der Waals surface area contributed by atoms with E-state index in [2.05, 4.69) is 17.1 Å². The molecule has 2 unspecified atom stereocenters. The molecular weight excluding hydrogens is 228 g/mol. The maximum Gasteiger partial charge on any atom is 0.228 e. The van der Waals surface area contributed by atoms with Gasteiger partial charge in [-0.05, 0) is 44.7 Å². The average Bonchev–Trinajstić information content (AvgIpc) is 2.92. The maximum absolute atomic E-state index is 12.4. The van der Waals surface area contributed by atoms with Crippen molar-refractivity contribution in [2.45, 2.75) is 32.6 Å². The molecule has 2 saturated heterocycles. The molecule has 0 bridgehead atoms. The highest BCUT2D eigenvalue weighted by Gasteiger charge is 2.29. The molecule has 4 heteroatoms. The molecule has 0 aromatic heterocycles. The molecular formula is C14H26N2O2. The molecule has 4 nitrogen and oxygen atoms in total. The highest BCUT2D eigenvalue weighted by atomic mass is 16.5. The molecule has 0 saturated carbocycles. The summed E-state index contributed by atoms with van der Waals surface area (Å²) >= 11 is 0. The second-order valence-electron chi connectivity index (χ2n) is 5.56. The maximum atomic E-state index is 12.4. The third-order valence-electron chi connectivity index (χ3n) is 3.96. The topological polar surface area (TPSA) is 41.6 Å². The van der Waals surface area contributed by atoms with Crippen molar-refractivity contribution in [2.75, 3.05) is 39.4 Å². The van der Waals surface area contributed by atoms with E-state index in [1.54, 1.807) is 0 Å². The molecule has 0 radical (unpaired) electrons. The molecule has 2 fully saturated rings. The van der Waals surface area contributed by atoms with Gasteiger partial charge in [0.25, 0.3) is 0 Å². The second-order valence-corrected chi connectivity index (χ2v) is 5.56. The Bertz CT molecular complexity index is 259. The lowest BCUT2D eigenvalue weighted by Gasteiger charge is -2.31. The van der Waals surface area contributed by atoms with Crippen LogP contribution in [0.3, 0.4) is 0 Å². The second kappa shape index (κ2) is 7.10. The van der Waals surface area contributed by atoms with Crippen LogP contribution >= 0.6 is 0 Å². The molecule has 0 aliphatic carbocycles. The van der Waals surface area contributed by atoms with E-state index in [9.17, 15) is 4.79 Å². The summed E-state index contributed by atoms with van der Waals surface area (Å²) in [6, 6.07) is 0. The standard InChI is InChI=1S/C14H26N2O2/c1-2-7-16(10-12-4-3-6-15-9-12)14(17)13-5-8-18-11-13/h12-13,15H,2-11H2,1H3. The molecule has 1 amide bonds. The Morgan fingerprint density at radius 1 is 1.44 bits per heavy atom. The van der Waals surface area contributed by atoms with Gasteiger partial charge in [-0.2, -0.15) is 0 Å². The van der Waals surface area contributed by atoms with Gasteiger partial charge in [-0.15, -0.1) is 0 Å². The van der Waals surface area contributed by atoms with E-state index in [1.807, 2.05) is 0 Å². The molecule has 1 N–H and O–H groups in total. The first kappa shape index (κ1) is 13.8. The highest BCUT2D eigenvalue weighted by molar-refractivity contribution is 5.79. The fourth-order valence-electron chi connectivity index (χ4n) is 2.94. The predicted octanol–water partition coefficient (Wildman–Crippen LogP) is 1.26. The van der Waals surface area contributed by atoms with E-state index < -0.39 is 0 Å². The van der Waals surface area contributed by atoms with Crippen molar-refractivity contribution in [3.8, 4) is 0 Å². The SMILES string of the molecule is CCCN(CC1CCCNC1)C(=O)C1CCOC1. The summed E-state index contributed by atoms with van der Waals surface area (Å²) in [5.74, 6) is 1.07. The van der Waals surface area contributed by atoms with Crippen LogP contribution in [0.5, 0.6) is 0 Å². The predicted molar refractivity (Wildman–Crippen MR) is 71.4 cm³/mol. The monoisotopic (exact) mass is 254 g/mol. The van der Waals surface area contributed by atoms with Crippen LogP contribution in [0, 0.1) is 11.8 Å². The summed E-state index contributed by atoms with van der Waals surface area (Å²) in [5.41, 5.74) is 0. The van der Waals surface area contributed by atoms with Gasteiger partial charge in [0.05, 0.1) is 12.5 Å². The number of amides is 1. The number of nitrogens with zero attached hydrogens (tertiary/aromatic N) is 1. The van der Waals surface area contributed by atoms with Crippen LogP contribution < -0.4 is 5.32 Å². The van der Waals surface area contributed by atoms with Gasteiger partial charge in [-0.3, -0.25) is 4.79 Å². The number of carbonyl (C=O) groups is 1. The van der Waals surface area contributed by atoms with Crippen molar-refractivity contribution in [3.63, 3.8) is 0 Å². The quantitative estimate of drug-likeness (QED) is 0.803. The van der Waals surface area contributed by atoms with Crippen molar-refractivity contribution >= 4 is 5.91 Å². The van der Waals surface area contributed by atoms with E-state index in [0.717, 1.165) is 45.6 Å². The summed E-state index contributed by atoms with van der Waals surface area (Å²) in [7, 11) is 0. The molecule has 0 spiro atoms. The minimum Gasteiger partial charge on any atom is -0.381 e. The number of piperidine rings is 1. The molecule has 2 aliphatic heterocycles. The number of ether oxygens (including phenoxy) is 1. The first-order valence-electron chi connectivity index (χ1n) is 7.38. The lowest BCUT2D eigenvalue weighted by atomic mass is 9.98. The van der Waals surface area contributed by atoms with Gasteiger partial charge < -0.3 is 15.0 Å². The van der Waals surface area contributed by atoms with Gasteiger partial charge >= 0.3 is 0 Å². The van der Waals surface area contributed by atoms with Crippen LogP contribution in [0.2, 0.25) is 0 Å². The Labute approximate surface area is 110 Å². The Kier molecular flexibility index (Phi) is 5.45. The van der Waals surface area contributed by atoms with Gasteiger partial charge in [-0.25, -0.2) is 0 Å². The molecule has 2 rings (SSSR count). The third kappa shape index (κ3) is 3.69. The van der Waals surface area contributed by atoms with E-state index >= 15 is 0 Å². The van der Waals surface area contributed by atoms with Gasteiger partial charge in [-0.1, -0.05) is 6.92 Å². The Morgan fingerprint density at radius 2 is 2.33 bits per heavy atom. The Morgan fingerprint density at radius 3 is 2.94 bits per heavy atom. The molecule has 0 aromatic rings.